The Kier molecular flexibility index (Phi) is 10.2. The van der Waals surface area contributed by atoms with Crippen molar-refractivity contribution in [3.63, 3.8) is 0 Å². The van der Waals surface area contributed by atoms with Crippen LogP contribution in [-0.2, 0) is 32.1 Å². The van der Waals surface area contributed by atoms with Gasteiger partial charge in [0.15, 0.2) is 0 Å². The van der Waals surface area contributed by atoms with Crippen LogP contribution >= 0.6 is 0 Å². The van der Waals surface area contributed by atoms with Gasteiger partial charge in [0.2, 0.25) is 11.8 Å². The lowest BCUT2D eigenvalue weighted by atomic mass is 9.77. The molecule has 6 rings (SSSR count). The fourth-order valence-electron chi connectivity index (χ4n) is 7.24. The van der Waals surface area contributed by atoms with Crippen LogP contribution < -0.4 is 10.1 Å². The first-order valence-electron chi connectivity index (χ1n) is 16.8. The van der Waals surface area contributed by atoms with Crippen molar-refractivity contribution < 1.29 is 33.4 Å². The van der Waals surface area contributed by atoms with Gasteiger partial charge in [0, 0.05) is 37.4 Å². The van der Waals surface area contributed by atoms with Crippen molar-refractivity contribution in [1.29, 1.82) is 0 Å². The Morgan fingerprint density at radius 2 is 1.54 bits per heavy atom. The number of carbonyl (C=O) groups excluding carboxylic acids is 5. The predicted molar refractivity (Wildman–Crippen MR) is 177 cm³/mol. The number of esters is 1. The van der Waals surface area contributed by atoms with Crippen LogP contribution in [0.25, 0.3) is 0 Å². The van der Waals surface area contributed by atoms with Crippen LogP contribution in [0.3, 0.4) is 0 Å². The van der Waals surface area contributed by atoms with E-state index < -0.39 is 29.7 Å². The van der Waals surface area contributed by atoms with Crippen molar-refractivity contribution in [3.8, 4) is 5.75 Å². The average molecular weight is 652 g/mol. The van der Waals surface area contributed by atoms with Crippen molar-refractivity contribution in [2.75, 3.05) is 26.7 Å². The zero-order valence-electron chi connectivity index (χ0n) is 27.2. The molecule has 1 fully saturated rings. The van der Waals surface area contributed by atoms with E-state index in [1.807, 2.05) is 48.5 Å². The van der Waals surface area contributed by atoms with Gasteiger partial charge in [0.25, 0.3) is 11.8 Å². The summed E-state index contributed by atoms with van der Waals surface area (Å²) in [5, 5.41) is 2.73. The lowest BCUT2D eigenvalue weighted by molar-refractivity contribution is -0.146. The highest BCUT2D eigenvalue weighted by Gasteiger charge is 2.45. The predicted octanol–water partition coefficient (Wildman–Crippen LogP) is 4.86. The number of ether oxygens (including phenoxy) is 2. The molecule has 10 nitrogen and oxygen atoms in total. The minimum atomic E-state index is -0.678. The van der Waals surface area contributed by atoms with Crippen molar-refractivity contribution >= 4 is 29.6 Å². The van der Waals surface area contributed by atoms with Gasteiger partial charge >= 0.3 is 5.97 Å². The lowest BCUT2D eigenvalue weighted by Gasteiger charge is -2.42. The topological polar surface area (TPSA) is 122 Å². The Balaban J connectivity index is 1.23. The quantitative estimate of drug-likeness (QED) is 0.179. The number of hydrogen-bond donors (Lipinski definition) is 1. The van der Waals surface area contributed by atoms with E-state index in [0.29, 0.717) is 49.1 Å². The van der Waals surface area contributed by atoms with Crippen LogP contribution in [0.2, 0.25) is 0 Å². The van der Waals surface area contributed by atoms with E-state index in [1.54, 1.807) is 36.2 Å². The van der Waals surface area contributed by atoms with Crippen LogP contribution in [0.15, 0.2) is 72.8 Å². The van der Waals surface area contributed by atoms with Gasteiger partial charge in [0.05, 0.1) is 30.3 Å². The highest BCUT2D eigenvalue weighted by atomic mass is 16.5. The number of nitrogens with one attached hydrogen (secondary N) is 1. The maximum atomic E-state index is 14.4. The van der Waals surface area contributed by atoms with Gasteiger partial charge in [-0.1, -0.05) is 67.4 Å². The fraction of sp³-hybridized carbons (Fsp3) is 0.395. The summed E-state index contributed by atoms with van der Waals surface area (Å²) in [6.45, 7) is 0.770. The van der Waals surface area contributed by atoms with E-state index in [2.05, 4.69) is 5.32 Å². The summed E-state index contributed by atoms with van der Waals surface area (Å²) >= 11 is 0. The average Bonchev–Trinajstić information content (AvgIpc) is 3.37. The maximum absolute atomic E-state index is 14.4. The third-order valence-corrected chi connectivity index (χ3v) is 9.70. The first-order valence-corrected chi connectivity index (χ1v) is 16.8. The third kappa shape index (κ3) is 6.83. The maximum Gasteiger partial charge on any atom is 0.306 e. The Labute approximate surface area is 280 Å². The molecule has 3 aliphatic rings. The number of nitrogens with zero attached hydrogens (tertiary/aromatic N) is 2. The van der Waals surface area contributed by atoms with Crippen molar-refractivity contribution in [2.45, 2.75) is 57.6 Å². The fourth-order valence-corrected chi connectivity index (χ4v) is 7.24. The molecule has 1 saturated carbocycles. The normalized spacial score (nSPS) is 20.1. The molecule has 0 radical (unpaired) electrons. The second-order valence-corrected chi connectivity index (χ2v) is 12.6. The molecule has 1 aliphatic carbocycles. The van der Waals surface area contributed by atoms with Crippen LogP contribution in [0.1, 0.15) is 82.0 Å². The van der Waals surface area contributed by atoms with E-state index in [1.165, 1.54) is 4.90 Å². The summed E-state index contributed by atoms with van der Waals surface area (Å²) in [6.07, 6.45) is 4.09. The Hall–Kier alpha value is -4.99. The highest BCUT2D eigenvalue weighted by molar-refractivity contribution is 6.21. The van der Waals surface area contributed by atoms with Gasteiger partial charge in [-0.05, 0) is 55.0 Å². The van der Waals surface area contributed by atoms with Crippen LogP contribution in [-0.4, -0.2) is 66.1 Å². The van der Waals surface area contributed by atoms with Gasteiger partial charge in [-0.3, -0.25) is 28.9 Å². The molecule has 3 aromatic rings. The zero-order valence-corrected chi connectivity index (χ0v) is 27.2. The summed E-state index contributed by atoms with van der Waals surface area (Å²) in [6, 6.07) is 21.2. The molecular weight excluding hydrogens is 610 g/mol. The number of benzene rings is 3. The highest BCUT2D eigenvalue weighted by Crippen LogP contribution is 2.41. The molecule has 3 atom stereocenters. The first kappa shape index (κ1) is 32.9. The molecule has 48 heavy (non-hydrogen) atoms. The van der Waals surface area contributed by atoms with Gasteiger partial charge < -0.3 is 19.7 Å². The molecule has 3 aromatic carbocycles. The molecule has 10 heteroatoms. The number of hydrogen-bond acceptors (Lipinski definition) is 7. The largest absolute Gasteiger partial charge is 0.493 e. The Bertz CT molecular complexity index is 1660. The summed E-state index contributed by atoms with van der Waals surface area (Å²) in [4.78, 5) is 69.7. The van der Waals surface area contributed by atoms with Crippen LogP contribution in [0, 0.1) is 11.8 Å². The Morgan fingerprint density at radius 3 is 2.25 bits per heavy atom. The molecule has 4 amide bonds. The standard InChI is InChI=1S/C38H41N3O7/c1-39-35(43)27-14-5-6-15-28(27)36(44)40-21-20-26-13-9-18-32(47-22-10-19-33(42)48-24-25-11-3-2-4-12-25)34(26)31(40)23-41-37(45)29-16-7-8-17-30(29)38(41)46/h2-4,7-9,11-13,16-18,27-28,31H,5-6,10,14-15,19-24H2,1H3,(H,39,43)/t27-,28+,31+/m0/s1. The van der Waals surface area contributed by atoms with E-state index in [0.717, 1.165) is 29.5 Å². The molecule has 2 aliphatic heterocycles. The van der Waals surface area contributed by atoms with Crippen molar-refractivity contribution in [1.82, 2.24) is 15.1 Å². The molecule has 0 unspecified atom stereocenters. The number of amides is 4. The van der Waals surface area contributed by atoms with Crippen molar-refractivity contribution in [3.05, 3.63) is 101 Å². The molecule has 250 valence electrons. The monoisotopic (exact) mass is 651 g/mol. The summed E-state index contributed by atoms with van der Waals surface area (Å²) in [5.41, 5.74) is 3.30. The minimum absolute atomic E-state index is 0.0470. The number of carbonyl (C=O) groups is 5. The summed E-state index contributed by atoms with van der Waals surface area (Å²) < 4.78 is 11.7. The van der Waals surface area contributed by atoms with Gasteiger partial charge in [-0.2, -0.15) is 0 Å². The first-order chi connectivity index (χ1) is 23.4. The molecule has 2 heterocycles. The molecule has 0 spiro atoms. The number of rotatable bonds is 11. The summed E-state index contributed by atoms with van der Waals surface area (Å²) in [7, 11) is 1.59. The Morgan fingerprint density at radius 1 is 0.854 bits per heavy atom. The minimum Gasteiger partial charge on any atom is -0.493 e. The molecule has 1 N–H and O–H groups in total. The second-order valence-electron chi connectivity index (χ2n) is 12.6. The number of imide groups is 1. The zero-order chi connectivity index (χ0) is 33.6. The van der Waals surface area contributed by atoms with Crippen LogP contribution in [0.4, 0.5) is 0 Å². The van der Waals surface area contributed by atoms with Crippen molar-refractivity contribution in [2.24, 2.45) is 11.8 Å². The lowest BCUT2D eigenvalue weighted by Crippen LogP contribution is -2.51. The third-order valence-electron chi connectivity index (χ3n) is 9.70. The van der Waals surface area contributed by atoms with E-state index in [-0.39, 0.29) is 44.0 Å². The smallest absolute Gasteiger partial charge is 0.306 e. The SMILES string of the molecule is CNC(=O)[C@H]1CCCC[C@H]1C(=O)N1CCc2cccc(OCCCC(=O)OCc3ccccc3)c2[C@H]1CN1C(=O)c2ccccc2C1=O. The van der Waals surface area contributed by atoms with Gasteiger partial charge in [-0.25, -0.2) is 0 Å². The number of fused-ring (bicyclic) bond motifs is 2. The molecule has 0 bridgehead atoms. The second kappa shape index (κ2) is 14.8. The van der Waals surface area contributed by atoms with Gasteiger partial charge in [-0.15, -0.1) is 0 Å². The van der Waals surface area contributed by atoms with E-state index in [4.69, 9.17) is 9.47 Å². The molecule has 0 saturated heterocycles. The molecular formula is C38H41N3O7. The van der Waals surface area contributed by atoms with E-state index in [9.17, 15) is 24.0 Å². The van der Waals surface area contributed by atoms with Crippen LogP contribution in [0.5, 0.6) is 5.75 Å². The summed E-state index contributed by atoms with van der Waals surface area (Å²) in [5.74, 6) is -1.82. The van der Waals surface area contributed by atoms with E-state index >= 15 is 0 Å². The molecule has 0 aromatic heterocycles. The van der Waals surface area contributed by atoms with Gasteiger partial charge in [0.1, 0.15) is 12.4 Å².